The molecule has 1 aliphatic rings. The normalized spacial score (nSPS) is 20.1. The summed E-state index contributed by atoms with van der Waals surface area (Å²) in [5.74, 6) is -0.0556. The predicted molar refractivity (Wildman–Crippen MR) is 69.4 cm³/mol. The lowest BCUT2D eigenvalue weighted by molar-refractivity contribution is -0.145. The minimum Gasteiger partial charge on any atom is -0.345 e. The summed E-state index contributed by atoms with van der Waals surface area (Å²) in [6.45, 7) is 4.56. The lowest BCUT2D eigenvalue weighted by Gasteiger charge is -2.34. The van der Waals surface area contributed by atoms with Crippen LogP contribution in [0.3, 0.4) is 0 Å². The molecule has 1 aromatic rings. The van der Waals surface area contributed by atoms with Crippen LogP contribution in [0.5, 0.6) is 0 Å². The number of nitrogens with zero attached hydrogens (tertiary/aromatic N) is 2. The SMILES string of the molecule is CCC1C(=O)NCC(=O)N1CCc1csc(C)n1. The molecule has 2 amide bonds. The molecule has 5 nitrogen and oxygen atoms in total. The van der Waals surface area contributed by atoms with Crippen LogP contribution in [0, 0.1) is 6.92 Å². The number of carbonyl (C=O) groups excluding carboxylic acids is 2. The molecule has 2 heterocycles. The molecular weight excluding hydrogens is 250 g/mol. The van der Waals surface area contributed by atoms with Gasteiger partial charge in [0.05, 0.1) is 17.2 Å². The second-order valence-corrected chi connectivity index (χ2v) is 5.40. The molecule has 1 aromatic heterocycles. The van der Waals surface area contributed by atoms with Crippen LogP contribution in [-0.2, 0) is 16.0 Å². The number of nitrogens with one attached hydrogen (secondary N) is 1. The van der Waals surface area contributed by atoms with Gasteiger partial charge in [-0.3, -0.25) is 9.59 Å². The summed E-state index contributed by atoms with van der Waals surface area (Å²) in [7, 11) is 0. The smallest absolute Gasteiger partial charge is 0.243 e. The fourth-order valence-electron chi connectivity index (χ4n) is 2.14. The summed E-state index contributed by atoms with van der Waals surface area (Å²) < 4.78 is 0. The van der Waals surface area contributed by atoms with Crippen LogP contribution in [-0.4, -0.2) is 40.8 Å². The molecule has 2 rings (SSSR count). The molecule has 0 saturated carbocycles. The number of amides is 2. The molecule has 18 heavy (non-hydrogen) atoms. The lowest BCUT2D eigenvalue weighted by Crippen LogP contribution is -2.58. The maximum absolute atomic E-state index is 11.8. The third-order valence-electron chi connectivity index (χ3n) is 3.08. The molecule has 0 aliphatic carbocycles. The van der Waals surface area contributed by atoms with Crippen molar-refractivity contribution in [2.75, 3.05) is 13.1 Å². The second-order valence-electron chi connectivity index (χ2n) is 4.34. The van der Waals surface area contributed by atoms with Crippen LogP contribution in [0.25, 0.3) is 0 Å². The van der Waals surface area contributed by atoms with Crippen LogP contribution in [0.1, 0.15) is 24.0 Å². The molecule has 0 aromatic carbocycles. The van der Waals surface area contributed by atoms with Gasteiger partial charge in [0.1, 0.15) is 6.04 Å². The molecule has 0 spiro atoms. The van der Waals surface area contributed by atoms with E-state index < -0.39 is 0 Å². The van der Waals surface area contributed by atoms with Crippen molar-refractivity contribution in [3.8, 4) is 0 Å². The average Bonchev–Trinajstić information content (AvgIpc) is 2.76. The van der Waals surface area contributed by atoms with E-state index in [1.807, 2.05) is 19.2 Å². The summed E-state index contributed by atoms with van der Waals surface area (Å²) in [4.78, 5) is 29.6. The van der Waals surface area contributed by atoms with E-state index in [0.717, 1.165) is 10.7 Å². The highest BCUT2D eigenvalue weighted by molar-refractivity contribution is 7.09. The van der Waals surface area contributed by atoms with E-state index in [2.05, 4.69) is 10.3 Å². The number of thiazole rings is 1. The zero-order chi connectivity index (χ0) is 13.1. The minimum absolute atomic E-state index is 0.00611. The van der Waals surface area contributed by atoms with Crippen molar-refractivity contribution in [2.24, 2.45) is 0 Å². The first-order valence-corrected chi connectivity index (χ1v) is 6.98. The van der Waals surface area contributed by atoms with Crippen molar-refractivity contribution >= 4 is 23.2 Å². The molecule has 98 valence electrons. The van der Waals surface area contributed by atoms with Crippen molar-refractivity contribution in [1.82, 2.24) is 15.2 Å². The highest BCUT2D eigenvalue weighted by Gasteiger charge is 2.32. The van der Waals surface area contributed by atoms with E-state index in [0.29, 0.717) is 19.4 Å². The van der Waals surface area contributed by atoms with Gasteiger partial charge in [0, 0.05) is 18.3 Å². The van der Waals surface area contributed by atoms with Crippen molar-refractivity contribution in [3.63, 3.8) is 0 Å². The number of carbonyl (C=O) groups is 2. The van der Waals surface area contributed by atoms with Crippen LogP contribution in [0.4, 0.5) is 0 Å². The molecule has 6 heteroatoms. The quantitative estimate of drug-likeness (QED) is 0.875. The van der Waals surface area contributed by atoms with Crippen molar-refractivity contribution in [1.29, 1.82) is 0 Å². The van der Waals surface area contributed by atoms with Gasteiger partial charge < -0.3 is 10.2 Å². The number of hydrogen-bond donors (Lipinski definition) is 1. The zero-order valence-corrected chi connectivity index (χ0v) is 11.4. The standard InChI is InChI=1S/C12H17N3O2S/c1-3-10-12(17)13-6-11(16)15(10)5-4-9-7-18-8(2)14-9/h7,10H,3-6H2,1-2H3,(H,13,17). The zero-order valence-electron chi connectivity index (χ0n) is 10.6. The van der Waals surface area contributed by atoms with Crippen LogP contribution < -0.4 is 5.32 Å². The van der Waals surface area contributed by atoms with Crippen LogP contribution >= 0.6 is 11.3 Å². The Labute approximate surface area is 110 Å². The molecule has 1 aliphatic heterocycles. The fourth-order valence-corrected chi connectivity index (χ4v) is 2.79. The Kier molecular flexibility index (Phi) is 3.96. The average molecular weight is 267 g/mol. The molecule has 1 saturated heterocycles. The molecule has 1 atom stereocenters. The summed E-state index contributed by atoms with van der Waals surface area (Å²) in [6, 6.07) is -0.328. The fraction of sp³-hybridized carbons (Fsp3) is 0.583. The van der Waals surface area contributed by atoms with Gasteiger partial charge in [-0.2, -0.15) is 0 Å². The lowest BCUT2D eigenvalue weighted by atomic mass is 10.1. The minimum atomic E-state index is -0.328. The molecule has 1 N–H and O–H groups in total. The number of hydrogen-bond acceptors (Lipinski definition) is 4. The monoisotopic (exact) mass is 267 g/mol. The first-order chi connectivity index (χ1) is 8.61. The van der Waals surface area contributed by atoms with E-state index in [1.165, 1.54) is 0 Å². The maximum atomic E-state index is 11.8. The van der Waals surface area contributed by atoms with Gasteiger partial charge in [-0.25, -0.2) is 4.98 Å². The Hall–Kier alpha value is -1.43. The first-order valence-electron chi connectivity index (χ1n) is 6.10. The highest BCUT2D eigenvalue weighted by Crippen LogP contribution is 2.13. The van der Waals surface area contributed by atoms with E-state index in [1.54, 1.807) is 16.2 Å². The number of aromatic nitrogens is 1. The van der Waals surface area contributed by atoms with Gasteiger partial charge in [-0.15, -0.1) is 11.3 Å². The second kappa shape index (κ2) is 5.48. The Morgan fingerprint density at radius 1 is 1.56 bits per heavy atom. The van der Waals surface area contributed by atoms with E-state index in [-0.39, 0.29) is 24.4 Å². The van der Waals surface area contributed by atoms with Gasteiger partial charge in [-0.1, -0.05) is 6.92 Å². The highest BCUT2D eigenvalue weighted by atomic mass is 32.1. The predicted octanol–water partition coefficient (Wildman–Crippen LogP) is 0.731. The first kappa shape index (κ1) is 13.0. The molecule has 1 unspecified atom stereocenters. The summed E-state index contributed by atoms with van der Waals surface area (Å²) in [6.07, 6.45) is 1.35. The van der Waals surface area contributed by atoms with Crippen molar-refractivity contribution < 1.29 is 9.59 Å². The van der Waals surface area contributed by atoms with E-state index in [9.17, 15) is 9.59 Å². The van der Waals surface area contributed by atoms with Gasteiger partial charge in [-0.05, 0) is 13.3 Å². The summed E-state index contributed by atoms with van der Waals surface area (Å²) in [5.41, 5.74) is 0.992. The largest absolute Gasteiger partial charge is 0.345 e. The third-order valence-corrected chi connectivity index (χ3v) is 3.90. The van der Waals surface area contributed by atoms with Gasteiger partial charge in [0.25, 0.3) is 0 Å². The Bertz CT molecular complexity index is 458. The Balaban J connectivity index is 2.01. The van der Waals surface area contributed by atoms with Crippen LogP contribution in [0.2, 0.25) is 0 Å². The summed E-state index contributed by atoms with van der Waals surface area (Å²) >= 11 is 1.61. The van der Waals surface area contributed by atoms with Crippen molar-refractivity contribution in [2.45, 2.75) is 32.7 Å². The molecule has 0 bridgehead atoms. The van der Waals surface area contributed by atoms with E-state index in [4.69, 9.17) is 0 Å². The molecule has 1 fully saturated rings. The topological polar surface area (TPSA) is 62.3 Å². The molecular formula is C12H17N3O2S. The maximum Gasteiger partial charge on any atom is 0.243 e. The van der Waals surface area contributed by atoms with Gasteiger partial charge >= 0.3 is 0 Å². The molecule has 0 radical (unpaired) electrons. The summed E-state index contributed by atoms with van der Waals surface area (Å²) in [5, 5.41) is 5.65. The number of piperazine rings is 1. The van der Waals surface area contributed by atoms with Crippen molar-refractivity contribution in [3.05, 3.63) is 16.1 Å². The Morgan fingerprint density at radius 3 is 2.94 bits per heavy atom. The van der Waals surface area contributed by atoms with Gasteiger partial charge in [0.2, 0.25) is 11.8 Å². The number of rotatable bonds is 4. The Morgan fingerprint density at radius 2 is 2.33 bits per heavy atom. The third kappa shape index (κ3) is 2.69. The van der Waals surface area contributed by atoms with Crippen LogP contribution in [0.15, 0.2) is 5.38 Å². The van der Waals surface area contributed by atoms with E-state index >= 15 is 0 Å². The van der Waals surface area contributed by atoms with Gasteiger partial charge in [0.15, 0.2) is 0 Å². The number of aryl methyl sites for hydroxylation is 1.